The van der Waals surface area contributed by atoms with Gasteiger partial charge in [-0.05, 0) is 29.6 Å². The topological polar surface area (TPSA) is 55.9 Å². The third kappa shape index (κ3) is 5.08. The largest absolute Gasteiger partial charge is 0.378 e. The third-order valence-corrected chi connectivity index (χ3v) is 5.60. The first-order valence-corrected chi connectivity index (χ1v) is 10.0. The summed E-state index contributed by atoms with van der Waals surface area (Å²) in [4.78, 5) is 31.6. The Balaban J connectivity index is 1.44. The van der Waals surface area contributed by atoms with Crippen LogP contribution in [0.5, 0.6) is 0 Å². The molecule has 2 aromatic rings. The molecule has 6 nitrogen and oxygen atoms in total. The van der Waals surface area contributed by atoms with E-state index in [2.05, 4.69) is 10.2 Å². The van der Waals surface area contributed by atoms with Crippen molar-refractivity contribution in [2.45, 2.75) is 0 Å². The van der Waals surface area contributed by atoms with Crippen molar-refractivity contribution < 1.29 is 9.59 Å². The number of carbonyl (C=O) groups excluding carboxylic acids is 2. The fourth-order valence-corrected chi connectivity index (χ4v) is 3.74. The molecule has 1 aliphatic heterocycles. The molecule has 2 heterocycles. The number of nitrogens with zero attached hydrogens (tertiary/aromatic N) is 3. The van der Waals surface area contributed by atoms with Gasteiger partial charge in [0.2, 0.25) is 0 Å². The van der Waals surface area contributed by atoms with Gasteiger partial charge in [-0.25, -0.2) is 0 Å². The van der Waals surface area contributed by atoms with Gasteiger partial charge in [0, 0.05) is 64.6 Å². The molecule has 2 amide bonds. The van der Waals surface area contributed by atoms with Crippen molar-refractivity contribution in [3.8, 4) is 0 Å². The van der Waals surface area contributed by atoms with Gasteiger partial charge in [-0.15, -0.1) is 11.3 Å². The van der Waals surface area contributed by atoms with Gasteiger partial charge in [0.15, 0.2) is 0 Å². The number of hydrogen-bond acceptors (Lipinski definition) is 5. The Labute approximate surface area is 164 Å². The first-order chi connectivity index (χ1) is 13.0. The molecular formula is C20H26N4O2S. The van der Waals surface area contributed by atoms with Crippen molar-refractivity contribution in [1.82, 2.24) is 15.1 Å². The monoisotopic (exact) mass is 386 g/mol. The Kier molecular flexibility index (Phi) is 6.47. The van der Waals surface area contributed by atoms with Gasteiger partial charge in [-0.1, -0.05) is 12.1 Å². The average Bonchev–Trinajstić information content (AvgIpc) is 3.23. The predicted octanol–water partition coefficient (Wildman–Crippen LogP) is 2.00. The third-order valence-electron chi connectivity index (χ3n) is 4.73. The summed E-state index contributed by atoms with van der Waals surface area (Å²) in [7, 11) is 3.94. The zero-order chi connectivity index (χ0) is 19.2. The number of thiophene rings is 1. The highest BCUT2D eigenvalue weighted by molar-refractivity contribution is 7.12. The van der Waals surface area contributed by atoms with E-state index in [0.717, 1.165) is 35.8 Å². The van der Waals surface area contributed by atoms with Crippen LogP contribution in [0.25, 0.3) is 0 Å². The van der Waals surface area contributed by atoms with Gasteiger partial charge in [-0.2, -0.15) is 0 Å². The number of nitrogens with one attached hydrogen (secondary N) is 1. The molecule has 1 saturated heterocycles. The van der Waals surface area contributed by atoms with E-state index in [-0.39, 0.29) is 11.8 Å². The van der Waals surface area contributed by atoms with E-state index in [1.807, 2.05) is 65.7 Å². The van der Waals surface area contributed by atoms with Crippen LogP contribution < -0.4 is 10.2 Å². The lowest BCUT2D eigenvalue weighted by Crippen LogP contribution is -2.50. The lowest BCUT2D eigenvalue weighted by molar-refractivity contribution is 0.0638. The summed E-state index contributed by atoms with van der Waals surface area (Å²) in [6, 6.07) is 11.4. The average molecular weight is 387 g/mol. The van der Waals surface area contributed by atoms with Crippen LogP contribution in [0.1, 0.15) is 20.0 Å². The maximum atomic E-state index is 12.7. The molecule has 0 spiro atoms. The van der Waals surface area contributed by atoms with Crippen LogP contribution in [0.4, 0.5) is 5.69 Å². The Morgan fingerprint density at radius 3 is 2.56 bits per heavy atom. The van der Waals surface area contributed by atoms with E-state index in [4.69, 9.17) is 0 Å². The maximum Gasteiger partial charge on any atom is 0.261 e. The highest BCUT2D eigenvalue weighted by Crippen LogP contribution is 2.16. The first kappa shape index (κ1) is 19.4. The summed E-state index contributed by atoms with van der Waals surface area (Å²) in [6.45, 7) is 4.50. The number of anilines is 1. The second-order valence-corrected chi connectivity index (χ2v) is 7.76. The summed E-state index contributed by atoms with van der Waals surface area (Å²) in [5, 5.41) is 4.86. The Morgan fingerprint density at radius 2 is 1.89 bits per heavy atom. The van der Waals surface area contributed by atoms with Crippen LogP contribution in [0.15, 0.2) is 41.8 Å². The second kappa shape index (κ2) is 9.01. The highest BCUT2D eigenvalue weighted by atomic mass is 32.1. The van der Waals surface area contributed by atoms with E-state index >= 15 is 0 Å². The summed E-state index contributed by atoms with van der Waals surface area (Å²) in [5.74, 6) is 0.0731. The lowest BCUT2D eigenvalue weighted by atomic mass is 10.1. The molecule has 27 heavy (non-hydrogen) atoms. The van der Waals surface area contributed by atoms with Crippen molar-refractivity contribution in [2.24, 2.45) is 0 Å². The molecule has 1 aliphatic rings. The molecule has 0 aliphatic carbocycles. The first-order valence-electron chi connectivity index (χ1n) is 9.15. The molecule has 0 unspecified atom stereocenters. The summed E-state index contributed by atoms with van der Waals surface area (Å²) >= 11 is 1.45. The standard InChI is InChI=1S/C20H26N4O2S/c1-22(2)17-6-3-5-16(15-17)20(26)24-12-10-23(11-13-24)9-8-21-19(25)18-7-4-14-27-18/h3-7,14-15H,8-13H2,1-2H3,(H,21,25). The van der Waals surface area contributed by atoms with Crippen LogP contribution >= 0.6 is 11.3 Å². The number of carbonyl (C=O) groups is 2. The molecule has 0 saturated carbocycles. The minimum Gasteiger partial charge on any atom is -0.378 e. The van der Waals surface area contributed by atoms with E-state index < -0.39 is 0 Å². The van der Waals surface area contributed by atoms with Gasteiger partial charge in [0.25, 0.3) is 11.8 Å². The van der Waals surface area contributed by atoms with Crippen LogP contribution in [0.2, 0.25) is 0 Å². The fraction of sp³-hybridized carbons (Fsp3) is 0.400. The van der Waals surface area contributed by atoms with Gasteiger partial charge >= 0.3 is 0 Å². The molecule has 144 valence electrons. The van der Waals surface area contributed by atoms with E-state index in [1.165, 1.54) is 11.3 Å². The molecule has 1 N–H and O–H groups in total. The quantitative estimate of drug-likeness (QED) is 0.825. The molecule has 3 rings (SSSR count). The molecule has 1 aromatic heterocycles. The van der Waals surface area contributed by atoms with Crippen molar-refractivity contribution in [1.29, 1.82) is 0 Å². The van der Waals surface area contributed by atoms with Gasteiger partial charge in [-0.3, -0.25) is 14.5 Å². The van der Waals surface area contributed by atoms with Crippen molar-refractivity contribution in [3.05, 3.63) is 52.2 Å². The fourth-order valence-electron chi connectivity index (χ4n) is 3.10. The normalized spacial score (nSPS) is 14.8. The molecule has 1 aromatic carbocycles. The van der Waals surface area contributed by atoms with Crippen LogP contribution in [-0.2, 0) is 0 Å². The van der Waals surface area contributed by atoms with Crippen molar-refractivity contribution in [3.63, 3.8) is 0 Å². The number of benzene rings is 1. The number of amides is 2. The van der Waals surface area contributed by atoms with Crippen molar-refractivity contribution >= 4 is 28.8 Å². The molecule has 0 atom stereocenters. The number of rotatable bonds is 6. The Morgan fingerprint density at radius 1 is 1.11 bits per heavy atom. The summed E-state index contributed by atoms with van der Waals surface area (Å²) < 4.78 is 0. The SMILES string of the molecule is CN(C)c1cccc(C(=O)N2CCN(CCNC(=O)c3cccs3)CC2)c1. The van der Waals surface area contributed by atoms with Crippen molar-refractivity contribution in [2.75, 3.05) is 58.3 Å². The van der Waals surface area contributed by atoms with Gasteiger partial charge in [0.05, 0.1) is 4.88 Å². The Bertz CT molecular complexity index is 768. The smallest absolute Gasteiger partial charge is 0.261 e. The Hall–Kier alpha value is -2.38. The molecule has 1 fully saturated rings. The second-order valence-electron chi connectivity index (χ2n) is 6.81. The van der Waals surface area contributed by atoms with Crippen LogP contribution in [-0.4, -0.2) is 75.0 Å². The molecule has 0 radical (unpaired) electrons. The van der Waals surface area contributed by atoms with E-state index in [1.54, 1.807) is 0 Å². The molecule has 7 heteroatoms. The highest BCUT2D eigenvalue weighted by Gasteiger charge is 2.22. The zero-order valence-electron chi connectivity index (χ0n) is 15.9. The maximum absolute atomic E-state index is 12.7. The summed E-state index contributed by atoms with van der Waals surface area (Å²) in [6.07, 6.45) is 0. The molecular weight excluding hydrogens is 360 g/mol. The zero-order valence-corrected chi connectivity index (χ0v) is 16.7. The van der Waals surface area contributed by atoms with Crippen LogP contribution in [0, 0.1) is 0 Å². The predicted molar refractivity (Wildman–Crippen MR) is 110 cm³/mol. The lowest BCUT2D eigenvalue weighted by Gasteiger charge is -2.34. The molecule has 0 bridgehead atoms. The number of piperazine rings is 1. The summed E-state index contributed by atoms with van der Waals surface area (Å²) in [5.41, 5.74) is 1.76. The minimum atomic E-state index is -0.0143. The minimum absolute atomic E-state index is 0.0143. The van der Waals surface area contributed by atoms with E-state index in [0.29, 0.717) is 19.6 Å². The van der Waals surface area contributed by atoms with Crippen LogP contribution in [0.3, 0.4) is 0 Å². The van der Waals surface area contributed by atoms with Gasteiger partial charge < -0.3 is 15.1 Å². The van der Waals surface area contributed by atoms with Gasteiger partial charge in [0.1, 0.15) is 0 Å². The van der Waals surface area contributed by atoms with E-state index in [9.17, 15) is 9.59 Å². The number of hydrogen-bond donors (Lipinski definition) is 1.